The minimum atomic E-state index is -1.73. The Bertz CT molecular complexity index is 794. The lowest BCUT2D eigenvalue weighted by Gasteiger charge is -2.44. The molecule has 35 heavy (non-hydrogen) atoms. The topological polar surface area (TPSA) is 9.23 Å². The summed E-state index contributed by atoms with van der Waals surface area (Å²) >= 11 is 0. The van der Waals surface area contributed by atoms with E-state index in [0.717, 1.165) is 42.9 Å². The van der Waals surface area contributed by atoms with Crippen LogP contribution in [0.1, 0.15) is 119 Å². The van der Waals surface area contributed by atoms with Crippen molar-refractivity contribution >= 4 is 8.32 Å². The molecule has 5 atom stereocenters. The standard InChI is InChI=1S/C33H58OSi/c1-24(2)13-11-14-26(4)30-20-21-31-27(15-12-22-33(30,31)8)17-18-28-23-29(19-16-25(28)3)34-35(9,10)32(5,6)7/h17-18,24,26,29-31H,3,11-16,19-23H2,1-2,4-10H3/t26?,29?,30?,31?,33-/m1/s1. The minimum Gasteiger partial charge on any atom is -0.414 e. The zero-order chi connectivity index (χ0) is 26.0. The van der Waals surface area contributed by atoms with Crippen LogP contribution in [0.25, 0.3) is 0 Å². The van der Waals surface area contributed by atoms with E-state index < -0.39 is 8.32 Å². The van der Waals surface area contributed by atoms with Crippen molar-refractivity contribution in [1.82, 2.24) is 0 Å². The molecule has 3 fully saturated rings. The van der Waals surface area contributed by atoms with Crippen LogP contribution in [-0.2, 0) is 4.43 Å². The smallest absolute Gasteiger partial charge is 0.192 e. The van der Waals surface area contributed by atoms with Crippen LogP contribution in [0.3, 0.4) is 0 Å². The highest BCUT2D eigenvalue weighted by atomic mass is 28.4. The van der Waals surface area contributed by atoms with Gasteiger partial charge < -0.3 is 4.43 Å². The highest BCUT2D eigenvalue weighted by Gasteiger charge is 2.50. The summed E-state index contributed by atoms with van der Waals surface area (Å²) in [4.78, 5) is 0. The van der Waals surface area contributed by atoms with Crippen LogP contribution in [0.5, 0.6) is 0 Å². The van der Waals surface area contributed by atoms with E-state index in [1.165, 1.54) is 62.5 Å². The second-order valence-electron chi connectivity index (χ2n) is 14.7. The SMILES string of the molecule is C=C1CCC(O[Si](C)(C)C(C)(C)C)CC1=CC=C1CCC[C@@]2(C)C1CCC2C(C)CCCC(C)C. The number of fused-ring (bicyclic) bond motifs is 1. The molecule has 0 N–H and O–H groups in total. The largest absolute Gasteiger partial charge is 0.414 e. The van der Waals surface area contributed by atoms with E-state index in [-0.39, 0.29) is 5.04 Å². The third-order valence-corrected chi connectivity index (χ3v) is 15.1. The summed E-state index contributed by atoms with van der Waals surface area (Å²) in [5.74, 6) is 3.41. The van der Waals surface area contributed by atoms with Crippen molar-refractivity contribution in [2.24, 2.45) is 29.1 Å². The van der Waals surface area contributed by atoms with E-state index >= 15 is 0 Å². The molecule has 0 aromatic heterocycles. The summed E-state index contributed by atoms with van der Waals surface area (Å²) in [7, 11) is -1.73. The lowest BCUT2D eigenvalue weighted by Crippen LogP contribution is -2.44. The molecule has 3 saturated carbocycles. The van der Waals surface area contributed by atoms with Crippen molar-refractivity contribution in [2.75, 3.05) is 0 Å². The molecular weight excluding hydrogens is 440 g/mol. The van der Waals surface area contributed by atoms with Crippen molar-refractivity contribution in [3.8, 4) is 0 Å². The van der Waals surface area contributed by atoms with Crippen molar-refractivity contribution in [2.45, 2.75) is 143 Å². The molecule has 3 aliphatic carbocycles. The van der Waals surface area contributed by atoms with E-state index in [9.17, 15) is 0 Å². The van der Waals surface area contributed by atoms with Gasteiger partial charge in [-0.3, -0.25) is 0 Å². The summed E-state index contributed by atoms with van der Waals surface area (Å²) in [6.45, 7) is 26.2. The van der Waals surface area contributed by atoms with Gasteiger partial charge in [-0.15, -0.1) is 0 Å². The molecule has 0 aromatic rings. The molecule has 0 radical (unpaired) electrons. The zero-order valence-corrected chi connectivity index (χ0v) is 25.9. The molecule has 3 rings (SSSR count). The van der Waals surface area contributed by atoms with Crippen LogP contribution in [0.15, 0.2) is 35.5 Å². The van der Waals surface area contributed by atoms with Crippen LogP contribution in [0, 0.1) is 29.1 Å². The maximum atomic E-state index is 6.82. The summed E-state index contributed by atoms with van der Waals surface area (Å²) in [6.07, 6.45) is 19.8. The fourth-order valence-corrected chi connectivity index (χ4v) is 8.73. The number of hydrogen-bond donors (Lipinski definition) is 0. The number of hydrogen-bond acceptors (Lipinski definition) is 1. The van der Waals surface area contributed by atoms with Crippen LogP contribution in [0.2, 0.25) is 18.1 Å². The van der Waals surface area contributed by atoms with Crippen LogP contribution < -0.4 is 0 Å². The van der Waals surface area contributed by atoms with Gasteiger partial charge in [0.05, 0.1) is 0 Å². The monoisotopic (exact) mass is 498 g/mol. The Hall–Kier alpha value is -0.603. The zero-order valence-electron chi connectivity index (χ0n) is 24.9. The third kappa shape index (κ3) is 6.84. The first-order chi connectivity index (χ1) is 16.2. The Balaban J connectivity index is 1.70. The van der Waals surface area contributed by atoms with Gasteiger partial charge in [0.1, 0.15) is 0 Å². The van der Waals surface area contributed by atoms with Crippen LogP contribution >= 0.6 is 0 Å². The van der Waals surface area contributed by atoms with E-state index in [4.69, 9.17) is 4.43 Å². The van der Waals surface area contributed by atoms with Gasteiger partial charge in [0, 0.05) is 6.10 Å². The lowest BCUT2D eigenvalue weighted by molar-refractivity contribution is 0.0929. The van der Waals surface area contributed by atoms with E-state index in [1.54, 1.807) is 5.57 Å². The maximum absolute atomic E-state index is 6.82. The van der Waals surface area contributed by atoms with Gasteiger partial charge in [-0.2, -0.15) is 0 Å². The second kappa shape index (κ2) is 11.4. The van der Waals surface area contributed by atoms with Crippen molar-refractivity contribution in [3.63, 3.8) is 0 Å². The molecule has 0 heterocycles. The Labute approximate surface area is 220 Å². The quantitative estimate of drug-likeness (QED) is 0.302. The van der Waals surface area contributed by atoms with Gasteiger partial charge in [0.15, 0.2) is 8.32 Å². The minimum absolute atomic E-state index is 0.269. The molecule has 0 aliphatic heterocycles. The predicted octanol–water partition coefficient (Wildman–Crippen LogP) is 10.6. The first-order valence-corrected chi connectivity index (χ1v) is 17.9. The molecule has 0 spiro atoms. The number of allylic oxidation sites excluding steroid dienone is 4. The van der Waals surface area contributed by atoms with Gasteiger partial charge >= 0.3 is 0 Å². The summed E-state index contributed by atoms with van der Waals surface area (Å²) in [6, 6.07) is 0. The number of rotatable bonds is 8. The fraction of sp³-hybridized carbons (Fsp3) is 0.818. The molecule has 4 unspecified atom stereocenters. The van der Waals surface area contributed by atoms with Crippen molar-refractivity contribution < 1.29 is 4.43 Å². The van der Waals surface area contributed by atoms with E-state index in [0.29, 0.717) is 11.5 Å². The normalized spacial score (nSPS) is 33.5. The van der Waals surface area contributed by atoms with Crippen LogP contribution in [-0.4, -0.2) is 14.4 Å². The molecule has 0 saturated heterocycles. The van der Waals surface area contributed by atoms with Crippen molar-refractivity contribution in [3.05, 3.63) is 35.5 Å². The highest BCUT2D eigenvalue weighted by molar-refractivity contribution is 6.74. The predicted molar refractivity (Wildman–Crippen MR) is 157 cm³/mol. The van der Waals surface area contributed by atoms with Gasteiger partial charge in [0.25, 0.3) is 0 Å². The first kappa shape index (κ1) is 29.0. The first-order valence-electron chi connectivity index (χ1n) is 15.0. The fourth-order valence-electron chi connectivity index (χ4n) is 7.34. The summed E-state index contributed by atoms with van der Waals surface area (Å²) in [5, 5.41) is 0.269. The molecule has 200 valence electrons. The molecule has 3 aliphatic rings. The molecule has 2 heteroatoms. The van der Waals surface area contributed by atoms with Crippen molar-refractivity contribution in [1.29, 1.82) is 0 Å². The Morgan fingerprint density at radius 2 is 1.77 bits per heavy atom. The van der Waals surface area contributed by atoms with Gasteiger partial charge in [-0.1, -0.05) is 97.6 Å². The van der Waals surface area contributed by atoms with Gasteiger partial charge in [0.2, 0.25) is 0 Å². The second-order valence-corrected chi connectivity index (χ2v) is 19.4. The molecule has 0 bridgehead atoms. The van der Waals surface area contributed by atoms with Gasteiger partial charge in [-0.25, -0.2) is 0 Å². The van der Waals surface area contributed by atoms with E-state index in [1.807, 2.05) is 0 Å². The summed E-state index contributed by atoms with van der Waals surface area (Å²) in [5.41, 5.74) is 5.05. The molecule has 0 amide bonds. The average Bonchev–Trinajstić information content (AvgIpc) is 3.10. The molecule has 1 nitrogen and oxygen atoms in total. The summed E-state index contributed by atoms with van der Waals surface area (Å²) < 4.78 is 6.82. The Morgan fingerprint density at radius 3 is 2.43 bits per heavy atom. The van der Waals surface area contributed by atoms with Crippen LogP contribution in [0.4, 0.5) is 0 Å². The lowest BCUT2D eigenvalue weighted by atomic mass is 9.60. The highest BCUT2D eigenvalue weighted by Crippen LogP contribution is 2.60. The van der Waals surface area contributed by atoms with E-state index in [2.05, 4.69) is 80.3 Å². The molecule has 0 aromatic carbocycles. The Kier molecular flexibility index (Phi) is 9.45. The van der Waals surface area contributed by atoms with Gasteiger partial charge in [-0.05, 0) is 104 Å². The Morgan fingerprint density at radius 1 is 1.06 bits per heavy atom. The third-order valence-electron chi connectivity index (χ3n) is 10.6. The average molecular weight is 499 g/mol. The maximum Gasteiger partial charge on any atom is 0.192 e. The molecular formula is C33H58OSi.